The van der Waals surface area contributed by atoms with E-state index < -0.39 is 18.1 Å². The Hall–Kier alpha value is -3.66. The third kappa shape index (κ3) is 4.80. The molecule has 1 saturated heterocycles. The molecule has 0 spiro atoms. The molecule has 3 aromatic rings. The molecular formula is C22H21N3O6S. The zero-order valence-corrected chi connectivity index (χ0v) is 18.1. The van der Waals surface area contributed by atoms with Crippen molar-refractivity contribution < 1.29 is 28.3 Å². The molecule has 1 atom stereocenters. The van der Waals surface area contributed by atoms with Gasteiger partial charge in [-0.1, -0.05) is 30.3 Å². The van der Waals surface area contributed by atoms with Gasteiger partial charge in [-0.2, -0.15) is 0 Å². The Labute approximate surface area is 187 Å². The van der Waals surface area contributed by atoms with Crippen molar-refractivity contribution in [2.45, 2.75) is 25.5 Å². The zero-order chi connectivity index (χ0) is 22.5. The van der Waals surface area contributed by atoms with Crippen LogP contribution in [0, 0.1) is 0 Å². The topological polar surface area (TPSA) is 111 Å². The molecule has 32 heavy (non-hydrogen) atoms. The highest BCUT2D eigenvalue weighted by atomic mass is 32.1. The van der Waals surface area contributed by atoms with Gasteiger partial charge < -0.3 is 19.2 Å². The maximum Gasteiger partial charge on any atom is 0.410 e. The van der Waals surface area contributed by atoms with Crippen molar-refractivity contribution in [3.8, 4) is 11.5 Å². The van der Waals surface area contributed by atoms with Crippen LogP contribution in [-0.4, -0.2) is 47.6 Å². The third-order valence-corrected chi connectivity index (χ3v) is 5.73. The summed E-state index contributed by atoms with van der Waals surface area (Å²) in [5.41, 5.74) is 1.36. The van der Waals surface area contributed by atoms with E-state index in [9.17, 15) is 14.4 Å². The van der Waals surface area contributed by atoms with Gasteiger partial charge in [-0.3, -0.25) is 9.69 Å². The summed E-state index contributed by atoms with van der Waals surface area (Å²) in [4.78, 5) is 42.6. The average Bonchev–Trinajstić information content (AvgIpc) is 3.57. The van der Waals surface area contributed by atoms with Gasteiger partial charge in [0.2, 0.25) is 11.7 Å². The number of carbonyl (C=O) groups excluding carboxylic acids is 3. The number of furan rings is 1. The molecule has 166 valence electrons. The molecule has 1 N–H and O–H groups in total. The predicted molar refractivity (Wildman–Crippen MR) is 116 cm³/mol. The first-order valence-corrected chi connectivity index (χ1v) is 10.9. The van der Waals surface area contributed by atoms with Gasteiger partial charge in [0.15, 0.2) is 10.9 Å². The largest absolute Gasteiger partial charge is 0.463 e. The lowest BCUT2D eigenvalue weighted by molar-refractivity contribution is -0.120. The highest BCUT2D eigenvalue weighted by Crippen LogP contribution is 2.28. The number of aromatic nitrogens is 1. The average molecular weight is 455 g/mol. The number of amides is 2. The molecule has 0 aliphatic carbocycles. The number of nitrogens with zero attached hydrogens (tertiary/aromatic N) is 2. The fourth-order valence-electron chi connectivity index (χ4n) is 3.38. The number of nitrogens with one attached hydrogen (secondary N) is 1. The minimum Gasteiger partial charge on any atom is -0.463 e. The Morgan fingerprint density at radius 3 is 2.81 bits per heavy atom. The van der Waals surface area contributed by atoms with Crippen molar-refractivity contribution in [2.24, 2.45) is 0 Å². The fraction of sp³-hybridized carbons (Fsp3) is 0.273. The van der Waals surface area contributed by atoms with Crippen molar-refractivity contribution in [3.05, 3.63) is 59.2 Å². The van der Waals surface area contributed by atoms with Crippen molar-refractivity contribution >= 4 is 34.4 Å². The molecule has 2 amide bonds. The quantitative estimate of drug-likeness (QED) is 0.561. The minimum atomic E-state index is -0.625. The number of benzene rings is 1. The molecule has 0 radical (unpaired) electrons. The maximum absolute atomic E-state index is 12.8. The smallest absolute Gasteiger partial charge is 0.410 e. The van der Waals surface area contributed by atoms with E-state index in [2.05, 4.69) is 15.0 Å². The van der Waals surface area contributed by atoms with E-state index >= 15 is 0 Å². The molecule has 9 nitrogen and oxygen atoms in total. The summed E-state index contributed by atoms with van der Waals surface area (Å²) in [6.45, 7) is 0.606. The van der Waals surface area contributed by atoms with Crippen LogP contribution in [-0.2, 0) is 20.9 Å². The summed E-state index contributed by atoms with van der Waals surface area (Å²) in [6.07, 6.45) is 0.743. The number of anilines is 1. The number of rotatable bonds is 6. The number of ether oxygens (including phenoxy) is 2. The number of carbonyl (C=O) groups is 3. The molecule has 3 heterocycles. The second-order valence-electron chi connectivity index (χ2n) is 7.07. The van der Waals surface area contributed by atoms with Gasteiger partial charge in [0, 0.05) is 11.9 Å². The lowest BCUT2D eigenvalue weighted by atomic mass is 10.2. The Bertz CT molecular complexity index is 1110. The summed E-state index contributed by atoms with van der Waals surface area (Å²) in [7, 11) is 1.27. The van der Waals surface area contributed by atoms with E-state index in [0.29, 0.717) is 36.0 Å². The number of hydrogen-bond acceptors (Lipinski definition) is 8. The Kier molecular flexibility index (Phi) is 6.50. The van der Waals surface area contributed by atoms with Gasteiger partial charge in [0.25, 0.3) is 0 Å². The molecular weight excluding hydrogens is 434 g/mol. The van der Waals surface area contributed by atoms with E-state index in [1.54, 1.807) is 11.4 Å². The van der Waals surface area contributed by atoms with E-state index in [4.69, 9.17) is 9.15 Å². The molecule has 0 saturated carbocycles. The summed E-state index contributed by atoms with van der Waals surface area (Å²) < 4.78 is 15.4. The van der Waals surface area contributed by atoms with E-state index in [1.165, 1.54) is 29.4 Å². The zero-order valence-electron chi connectivity index (χ0n) is 17.3. The Morgan fingerprint density at radius 2 is 2.03 bits per heavy atom. The van der Waals surface area contributed by atoms with Gasteiger partial charge >= 0.3 is 12.1 Å². The Balaban J connectivity index is 1.36. The van der Waals surface area contributed by atoms with Gasteiger partial charge in [-0.05, 0) is 30.5 Å². The Morgan fingerprint density at radius 1 is 1.22 bits per heavy atom. The van der Waals surface area contributed by atoms with Crippen LogP contribution < -0.4 is 5.32 Å². The van der Waals surface area contributed by atoms with Crippen LogP contribution in [0.5, 0.6) is 0 Å². The number of thiazole rings is 1. The summed E-state index contributed by atoms with van der Waals surface area (Å²) >= 11 is 1.22. The van der Waals surface area contributed by atoms with Crippen molar-refractivity contribution in [1.82, 2.24) is 9.88 Å². The van der Waals surface area contributed by atoms with Gasteiger partial charge in [0.1, 0.15) is 18.3 Å². The summed E-state index contributed by atoms with van der Waals surface area (Å²) in [5, 5.41) is 4.83. The van der Waals surface area contributed by atoms with Crippen LogP contribution >= 0.6 is 11.3 Å². The minimum absolute atomic E-state index is 0.0664. The predicted octanol–water partition coefficient (Wildman–Crippen LogP) is 3.93. The van der Waals surface area contributed by atoms with Crippen molar-refractivity contribution in [3.63, 3.8) is 0 Å². The highest BCUT2D eigenvalue weighted by Gasteiger charge is 2.35. The second-order valence-corrected chi connectivity index (χ2v) is 7.93. The molecule has 1 aliphatic rings. The SMILES string of the molecule is COC(=O)c1ccc(-c2csc(NC(=O)C3CCCN3C(=O)OCc3ccccc3)n2)o1. The molecule has 4 rings (SSSR count). The molecule has 1 fully saturated rings. The van der Waals surface area contributed by atoms with Crippen molar-refractivity contribution in [1.29, 1.82) is 0 Å². The lowest BCUT2D eigenvalue weighted by Gasteiger charge is -2.22. The standard InChI is InChI=1S/C22H21N3O6S/c1-29-20(27)18-10-9-17(31-18)15-13-32-21(23-15)24-19(26)16-8-5-11-25(16)22(28)30-12-14-6-3-2-4-7-14/h2-4,6-7,9-10,13,16H,5,8,11-12H2,1H3,(H,23,24,26). The van der Waals surface area contributed by atoms with Crippen LogP contribution in [0.2, 0.25) is 0 Å². The van der Waals surface area contributed by atoms with Crippen LogP contribution in [0.4, 0.5) is 9.93 Å². The summed E-state index contributed by atoms with van der Waals surface area (Å²) in [5.74, 6) is -0.457. The number of esters is 1. The number of methoxy groups -OCH3 is 1. The first kappa shape index (κ1) is 21.6. The number of likely N-dealkylation sites (tertiary alicyclic amines) is 1. The first-order chi connectivity index (χ1) is 15.5. The molecule has 1 aliphatic heterocycles. The fourth-order valence-corrected chi connectivity index (χ4v) is 4.08. The molecule has 1 aromatic carbocycles. The van der Waals surface area contributed by atoms with Gasteiger partial charge in [-0.15, -0.1) is 11.3 Å². The van der Waals surface area contributed by atoms with E-state index in [1.807, 2.05) is 30.3 Å². The normalized spacial score (nSPS) is 15.4. The summed E-state index contributed by atoms with van der Waals surface area (Å²) in [6, 6.07) is 11.8. The van der Waals surface area contributed by atoms with E-state index in [-0.39, 0.29) is 18.3 Å². The lowest BCUT2D eigenvalue weighted by Crippen LogP contribution is -2.43. The van der Waals surface area contributed by atoms with Crippen LogP contribution in [0.1, 0.15) is 29.0 Å². The van der Waals surface area contributed by atoms with Gasteiger partial charge in [0.05, 0.1) is 7.11 Å². The van der Waals surface area contributed by atoms with Crippen LogP contribution in [0.25, 0.3) is 11.5 Å². The monoisotopic (exact) mass is 455 g/mol. The molecule has 10 heteroatoms. The molecule has 1 unspecified atom stereocenters. The van der Waals surface area contributed by atoms with Gasteiger partial charge in [-0.25, -0.2) is 14.6 Å². The first-order valence-electron chi connectivity index (χ1n) is 9.97. The second kappa shape index (κ2) is 9.65. The third-order valence-electron chi connectivity index (χ3n) is 4.97. The van der Waals surface area contributed by atoms with Crippen LogP contribution in [0.3, 0.4) is 0 Å². The maximum atomic E-state index is 12.8. The molecule has 2 aromatic heterocycles. The van der Waals surface area contributed by atoms with Crippen LogP contribution in [0.15, 0.2) is 52.3 Å². The van der Waals surface area contributed by atoms with Crippen molar-refractivity contribution in [2.75, 3.05) is 19.0 Å². The molecule has 0 bridgehead atoms. The number of hydrogen-bond donors (Lipinski definition) is 1. The van der Waals surface area contributed by atoms with E-state index in [0.717, 1.165) is 5.56 Å². The highest BCUT2D eigenvalue weighted by molar-refractivity contribution is 7.14.